The van der Waals surface area contributed by atoms with Crippen molar-refractivity contribution in [2.24, 2.45) is 0 Å². The van der Waals surface area contributed by atoms with Gasteiger partial charge in [-0.3, -0.25) is 0 Å². The molecule has 2 fully saturated rings. The number of fused-ring (bicyclic) bond motifs is 1. The molecular formula is C5H8O2. The van der Waals surface area contributed by atoms with Crippen LogP contribution in [-0.4, -0.2) is 23.4 Å². The van der Waals surface area contributed by atoms with E-state index in [1.807, 2.05) is 0 Å². The second kappa shape index (κ2) is 1.01. The summed E-state index contributed by atoms with van der Waals surface area (Å²) in [6.07, 6.45) is 2.57. The highest BCUT2D eigenvalue weighted by Gasteiger charge is 2.49. The molecular weight excluding hydrogens is 92.1 g/mol. The van der Waals surface area contributed by atoms with Gasteiger partial charge in [0.1, 0.15) is 6.10 Å². The summed E-state index contributed by atoms with van der Waals surface area (Å²) in [5, 5.41) is 8.91. The van der Waals surface area contributed by atoms with Gasteiger partial charge in [0.25, 0.3) is 0 Å². The first kappa shape index (κ1) is 3.87. The number of hydrogen-bond acceptors (Lipinski definition) is 2. The molecule has 1 aliphatic carbocycles. The molecule has 7 heavy (non-hydrogen) atoms. The van der Waals surface area contributed by atoms with Crippen molar-refractivity contribution in [1.82, 2.24) is 0 Å². The molecule has 2 heteroatoms. The van der Waals surface area contributed by atoms with Gasteiger partial charge < -0.3 is 9.84 Å². The van der Waals surface area contributed by atoms with E-state index in [0.717, 1.165) is 12.8 Å². The molecule has 0 amide bonds. The van der Waals surface area contributed by atoms with Crippen molar-refractivity contribution in [2.45, 2.75) is 31.2 Å². The molecule has 1 heterocycles. The third-order valence-electron chi connectivity index (χ3n) is 1.75. The van der Waals surface area contributed by atoms with E-state index in [4.69, 9.17) is 9.84 Å². The fourth-order valence-corrected chi connectivity index (χ4v) is 1.23. The molecule has 1 saturated carbocycles. The number of epoxide rings is 1. The minimum absolute atomic E-state index is 0.134. The highest BCUT2D eigenvalue weighted by Crippen LogP contribution is 2.38. The smallest absolute Gasteiger partial charge is 0.110 e. The monoisotopic (exact) mass is 100 g/mol. The quantitative estimate of drug-likeness (QED) is 0.431. The standard InChI is InChI=1S/C5H8O2/c6-3-1-2-4-5(3)7-4/h3-6H,1-2H2/t3?,4-,5+/m0/s1. The van der Waals surface area contributed by atoms with Crippen LogP contribution in [-0.2, 0) is 4.74 Å². The van der Waals surface area contributed by atoms with Crippen molar-refractivity contribution in [3.8, 4) is 0 Å². The zero-order valence-electron chi connectivity index (χ0n) is 4.00. The van der Waals surface area contributed by atoms with Crippen LogP contribution in [0.2, 0.25) is 0 Å². The van der Waals surface area contributed by atoms with Gasteiger partial charge in [0.15, 0.2) is 0 Å². The lowest BCUT2D eigenvalue weighted by Crippen LogP contribution is -2.08. The number of ether oxygens (including phenoxy) is 1. The van der Waals surface area contributed by atoms with Crippen molar-refractivity contribution in [2.75, 3.05) is 0 Å². The molecule has 3 atom stereocenters. The van der Waals surface area contributed by atoms with Crippen LogP contribution in [0.1, 0.15) is 12.8 Å². The summed E-state index contributed by atoms with van der Waals surface area (Å²) in [5.74, 6) is 0. The van der Waals surface area contributed by atoms with E-state index in [1.165, 1.54) is 0 Å². The van der Waals surface area contributed by atoms with Crippen molar-refractivity contribution in [3.05, 3.63) is 0 Å². The Bertz CT molecular complexity index is 92.1. The lowest BCUT2D eigenvalue weighted by molar-refractivity contribution is 0.119. The number of aliphatic hydroxyl groups is 1. The first-order chi connectivity index (χ1) is 3.38. The average molecular weight is 100 g/mol. The van der Waals surface area contributed by atoms with Gasteiger partial charge in [-0.1, -0.05) is 0 Å². The van der Waals surface area contributed by atoms with Gasteiger partial charge in [0, 0.05) is 0 Å². The van der Waals surface area contributed by atoms with Crippen LogP contribution in [0, 0.1) is 0 Å². The lowest BCUT2D eigenvalue weighted by atomic mass is 10.3. The normalized spacial score (nSPS) is 57.0. The minimum atomic E-state index is -0.134. The summed E-state index contributed by atoms with van der Waals surface area (Å²) in [6.45, 7) is 0. The van der Waals surface area contributed by atoms with E-state index in [1.54, 1.807) is 0 Å². The molecule has 2 rings (SSSR count). The molecule has 0 aromatic carbocycles. The van der Waals surface area contributed by atoms with Crippen LogP contribution < -0.4 is 0 Å². The van der Waals surface area contributed by atoms with Gasteiger partial charge in [0.2, 0.25) is 0 Å². The van der Waals surface area contributed by atoms with Crippen molar-refractivity contribution >= 4 is 0 Å². The van der Waals surface area contributed by atoms with Gasteiger partial charge in [-0.15, -0.1) is 0 Å². The largest absolute Gasteiger partial charge is 0.390 e. The van der Waals surface area contributed by atoms with Gasteiger partial charge in [-0.05, 0) is 12.8 Å². The molecule has 1 unspecified atom stereocenters. The molecule has 40 valence electrons. The van der Waals surface area contributed by atoms with Gasteiger partial charge in [0.05, 0.1) is 12.2 Å². The number of rotatable bonds is 0. The first-order valence-electron chi connectivity index (χ1n) is 2.71. The molecule has 1 N–H and O–H groups in total. The van der Waals surface area contributed by atoms with E-state index in [9.17, 15) is 0 Å². The fourth-order valence-electron chi connectivity index (χ4n) is 1.23. The number of aliphatic hydroxyl groups excluding tert-OH is 1. The predicted molar refractivity (Wildman–Crippen MR) is 23.9 cm³/mol. The Hall–Kier alpha value is -0.0800. The van der Waals surface area contributed by atoms with Crippen molar-refractivity contribution < 1.29 is 9.84 Å². The molecule has 2 aliphatic rings. The van der Waals surface area contributed by atoms with Crippen molar-refractivity contribution in [1.29, 1.82) is 0 Å². The van der Waals surface area contributed by atoms with Crippen LogP contribution in [0.15, 0.2) is 0 Å². The maximum atomic E-state index is 8.91. The highest BCUT2D eigenvalue weighted by molar-refractivity contribution is 4.97. The Kier molecular flexibility index (Phi) is 0.557. The zero-order chi connectivity index (χ0) is 4.85. The number of hydrogen-bond donors (Lipinski definition) is 1. The van der Waals surface area contributed by atoms with Gasteiger partial charge in [-0.2, -0.15) is 0 Å². The Morgan fingerprint density at radius 1 is 1.43 bits per heavy atom. The highest BCUT2D eigenvalue weighted by atomic mass is 16.6. The topological polar surface area (TPSA) is 32.8 Å². The van der Waals surface area contributed by atoms with Crippen LogP contribution in [0.25, 0.3) is 0 Å². The first-order valence-corrected chi connectivity index (χ1v) is 2.71. The average Bonchev–Trinajstić information content (AvgIpc) is 2.33. The summed E-state index contributed by atoms with van der Waals surface area (Å²) in [6, 6.07) is 0. The Morgan fingerprint density at radius 2 is 2.29 bits per heavy atom. The molecule has 0 aromatic rings. The lowest BCUT2D eigenvalue weighted by Gasteiger charge is -1.96. The maximum Gasteiger partial charge on any atom is 0.110 e. The maximum absolute atomic E-state index is 8.91. The summed E-state index contributed by atoms with van der Waals surface area (Å²) in [7, 11) is 0. The van der Waals surface area contributed by atoms with Gasteiger partial charge in [-0.25, -0.2) is 0 Å². The molecule has 2 nitrogen and oxygen atoms in total. The summed E-state index contributed by atoms with van der Waals surface area (Å²) in [5.41, 5.74) is 0. The van der Waals surface area contributed by atoms with E-state index in [-0.39, 0.29) is 12.2 Å². The molecule has 0 aromatic heterocycles. The van der Waals surface area contributed by atoms with Crippen LogP contribution in [0.4, 0.5) is 0 Å². The Morgan fingerprint density at radius 3 is 2.43 bits per heavy atom. The van der Waals surface area contributed by atoms with E-state index < -0.39 is 0 Å². The van der Waals surface area contributed by atoms with E-state index in [2.05, 4.69) is 0 Å². The SMILES string of the molecule is OC1CC[C@@H]2O[C@H]12. The van der Waals surface area contributed by atoms with Crippen LogP contribution in [0.5, 0.6) is 0 Å². The molecule has 1 saturated heterocycles. The summed E-state index contributed by atoms with van der Waals surface area (Å²) >= 11 is 0. The molecule has 0 radical (unpaired) electrons. The second-order valence-electron chi connectivity index (χ2n) is 2.28. The van der Waals surface area contributed by atoms with Crippen LogP contribution in [0.3, 0.4) is 0 Å². The second-order valence-corrected chi connectivity index (χ2v) is 2.28. The zero-order valence-corrected chi connectivity index (χ0v) is 4.00. The van der Waals surface area contributed by atoms with Crippen molar-refractivity contribution in [3.63, 3.8) is 0 Å². The third-order valence-corrected chi connectivity index (χ3v) is 1.75. The molecule has 1 aliphatic heterocycles. The fraction of sp³-hybridized carbons (Fsp3) is 1.00. The van der Waals surface area contributed by atoms with E-state index in [0.29, 0.717) is 6.10 Å². The van der Waals surface area contributed by atoms with Gasteiger partial charge >= 0.3 is 0 Å². The summed E-state index contributed by atoms with van der Waals surface area (Å²) < 4.78 is 5.02. The summed E-state index contributed by atoms with van der Waals surface area (Å²) in [4.78, 5) is 0. The predicted octanol–water partition coefficient (Wildman–Crippen LogP) is -0.0915. The Balaban J connectivity index is 2.08. The molecule has 0 spiro atoms. The minimum Gasteiger partial charge on any atom is -0.390 e. The van der Waals surface area contributed by atoms with Crippen LogP contribution >= 0.6 is 0 Å². The molecule has 0 bridgehead atoms. The van der Waals surface area contributed by atoms with E-state index >= 15 is 0 Å². The Labute approximate surface area is 42.1 Å². The third kappa shape index (κ3) is 0.409.